The number of aliphatic carboxylic acids is 1. The van der Waals surface area contributed by atoms with Gasteiger partial charge in [0.25, 0.3) is 0 Å². The molecule has 0 aliphatic carbocycles. The topological polar surface area (TPSA) is 77.9 Å². The number of hydrogen-bond donors (Lipinski definition) is 1. The summed E-state index contributed by atoms with van der Waals surface area (Å²) in [6, 6.07) is 6.26. The van der Waals surface area contributed by atoms with Crippen LogP contribution in [-0.4, -0.2) is 59.4 Å². The molecule has 0 radical (unpaired) electrons. The van der Waals surface area contributed by atoms with E-state index in [0.29, 0.717) is 38.8 Å². The fourth-order valence-corrected chi connectivity index (χ4v) is 3.42. The molecule has 6 heteroatoms. The molecule has 0 bridgehead atoms. The average molecular weight is 360 g/mol. The molecule has 1 aromatic carbocycles. The third kappa shape index (κ3) is 5.58. The Kier molecular flexibility index (Phi) is 6.77. The van der Waals surface area contributed by atoms with Crippen molar-refractivity contribution in [1.82, 2.24) is 9.80 Å². The van der Waals surface area contributed by atoms with E-state index in [4.69, 9.17) is 5.11 Å². The summed E-state index contributed by atoms with van der Waals surface area (Å²) in [6.45, 7) is 5.01. The summed E-state index contributed by atoms with van der Waals surface area (Å²) in [6.07, 6.45) is 1.98. The first kappa shape index (κ1) is 19.9. The fourth-order valence-electron chi connectivity index (χ4n) is 3.42. The van der Waals surface area contributed by atoms with Gasteiger partial charge in [0.05, 0.1) is 12.5 Å². The van der Waals surface area contributed by atoms with Crippen molar-refractivity contribution in [2.45, 2.75) is 39.5 Å². The lowest BCUT2D eigenvalue weighted by atomic mass is 9.97. The quantitative estimate of drug-likeness (QED) is 0.842. The molecule has 1 N–H and O–H groups in total. The summed E-state index contributed by atoms with van der Waals surface area (Å²) in [4.78, 5) is 38.8. The number of carbonyl (C=O) groups is 3. The Morgan fingerprint density at radius 1 is 1.12 bits per heavy atom. The van der Waals surface area contributed by atoms with Crippen LogP contribution >= 0.6 is 0 Å². The van der Waals surface area contributed by atoms with Crippen molar-refractivity contribution >= 4 is 17.8 Å². The largest absolute Gasteiger partial charge is 0.481 e. The van der Waals surface area contributed by atoms with E-state index in [-0.39, 0.29) is 24.3 Å². The summed E-state index contributed by atoms with van der Waals surface area (Å²) in [5.41, 5.74) is 3.49. The number of piperidine rings is 1. The molecule has 0 unspecified atom stereocenters. The minimum Gasteiger partial charge on any atom is -0.481 e. The van der Waals surface area contributed by atoms with Gasteiger partial charge in [0.2, 0.25) is 11.8 Å². The number of rotatable bonds is 6. The molecule has 142 valence electrons. The number of nitrogens with zero attached hydrogens (tertiary/aromatic N) is 2. The Hall–Kier alpha value is -2.37. The van der Waals surface area contributed by atoms with Crippen molar-refractivity contribution in [3.8, 4) is 0 Å². The molecule has 0 saturated carbocycles. The third-order valence-electron chi connectivity index (χ3n) is 4.90. The Labute approximate surface area is 154 Å². The normalized spacial score (nSPS) is 15.0. The molecule has 1 aromatic rings. The van der Waals surface area contributed by atoms with E-state index >= 15 is 0 Å². The molecular formula is C20H28N2O4. The Balaban J connectivity index is 1.79. The van der Waals surface area contributed by atoms with Crippen LogP contribution in [0.1, 0.15) is 36.0 Å². The van der Waals surface area contributed by atoms with Crippen LogP contribution < -0.4 is 0 Å². The molecule has 1 saturated heterocycles. The van der Waals surface area contributed by atoms with Gasteiger partial charge < -0.3 is 14.9 Å². The highest BCUT2D eigenvalue weighted by molar-refractivity contribution is 5.85. The third-order valence-corrected chi connectivity index (χ3v) is 4.90. The predicted molar refractivity (Wildman–Crippen MR) is 98.8 cm³/mol. The maximum Gasteiger partial charge on any atom is 0.306 e. The number of aryl methyl sites for hydroxylation is 3. The van der Waals surface area contributed by atoms with E-state index in [1.807, 2.05) is 13.8 Å². The smallest absolute Gasteiger partial charge is 0.306 e. The van der Waals surface area contributed by atoms with Crippen LogP contribution in [0.3, 0.4) is 0 Å². The van der Waals surface area contributed by atoms with Crippen molar-refractivity contribution in [3.63, 3.8) is 0 Å². The number of carboxylic acids is 1. The van der Waals surface area contributed by atoms with Crippen LogP contribution in [0.5, 0.6) is 0 Å². The molecular weight excluding hydrogens is 332 g/mol. The summed E-state index contributed by atoms with van der Waals surface area (Å²) in [5.74, 6) is -1.33. The van der Waals surface area contributed by atoms with E-state index in [9.17, 15) is 14.4 Å². The van der Waals surface area contributed by atoms with Crippen LogP contribution in [0.25, 0.3) is 0 Å². The number of carboxylic acid groups (broad SMARTS) is 1. The first-order chi connectivity index (χ1) is 12.3. The molecule has 1 aliphatic rings. The van der Waals surface area contributed by atoms with Gasteiger partial charge in [-0.05, 0) is 38.7 Å². The summed E-state index contributed by atoms with van der Waals surface area (Å²) >= 11 is 0. The van der Waals surface area contributed by atoms with E-state index in [1.54, 1.807) is 11.9 Å². The molecule has 0 atom stereocenters. The molecule has 1 heterocycles. The van der Waals surface area contributed by atoms with Crippen molar-refractivity contribution in [2.75, 3.05) is 26.7 Å². The SMILES string of the molecule is Cc1cc(C)cc(CCC(=O)N(C)CC(=O)N2CCC(C(=O)O)CC2)c1. The lowest BCUT2D eigenvalue weighted by Gasteiger charge is -2.31. The van der Waals surface area contributed by atoms with Crippen molar-refractivity contribution in [3.05, 3.63) is 34.9 Å². The number of hydrogen-bond acceptors (Lipinski definition) is 3. The van der Waals surface area contributed by atoms with Gasteiger partial charge >= 0.3 is 5.97 Å². The number of benzene rings is 1. The van der Waals surface area contributed by atoms with E-state index in [0.717, 1.165) is 5.56 Å². The molecule has 1 aliphatic heterocycles. The molecule has 1 fully saturated rings. The number of likely N-dealkylation sites (N-methyl/N-ethyl adjacent to an activating group) is 1. The van der Waals surface area contributed by atoms with Gasteiger partial charge in [-0.3, -0.25) is 14.4 Å². The first-order valence-electron chi connectivity index (χ1n) is 9.08. The molecule has 6 nitrogen and oxygen atoms in total. The van der Waals surface area contributed by atoms with Crippen LogP contribution in [0.15, 0.2) is 18.2 Å². The van der Waals surface area contributed by atoms with Gasteiger partial charge in [-0.2, -0.15) is 0 Å². The summed E-state index contributed by atoms with van der Waals surface area (Å²) in [5, 5.41) is 9.01. The molecule has 26 heavy (non-hydrogen) atoms. The molecule has 2 rings (SSSR count). The van der Waals surface area contributed by atoms with E-state index < -0.39 is 5.97 Å². The minimum absolute atomic E-state index is 0.0451. The van der Waals surface area contributed by atoms with Gasteiger partial charge in [-0.1, -0.05) is 29.3 Å². The van der Waals surface area contributed by atoms with Crippen LogP contribution in [0.4, 0.5) is 0 Å². The van der Waals surface area contributed by atoms with Crippen LogP contribution in [-0.2, 0) is 20.8 Å². The highest BCUT2D eigenvalue weighted by atomic mass is 16.4. The van der Waals surface area contributed by atoms with Gasteiger partial charge in [-0.25, -0.2) is 0 Å². The lowest BCUT2D eigenvalue weighted by molar-refractivity contribution is -0.146. The standard InChI is InChI=1S/C20H28N2O4/c1-14-10-15(2)12-16(11-14)4-5-18(23)21(3)13-19(24)22-8-6-17(7-9-22)20(25)26/h10-12,17H,4-9,13H2,1-3H3,(H,25,26). The van der Waals surface area contributed by atoms with Gasteiger partial charge in [0, 0.05) is 26.6 Å². The Morgan fingerprint density at radius 3 is 2.23 bits per heavy atom. The average Bonchev–Trinajstić information content (AvgIpc) is 2.58. The maximum atomic E-state index is 12.3. The second-order valence-electron chi connectivity index (χ2n) is 7.24. The first-order valence-corrected chi connectivity index (χ1v) is 9.08. The Bertz CT molecular complexity index is 658. The monoisotopic (exact) mass is 360 g/mol. The van der Waals surface area contributed by atoms with Crippen LogP contribution in [0, 0.1) is 19.8 Å². The van der Waals surface area contributed by atoms with E-state index in [2.05, 4.69) is 18.2 Å². The predicted octanol–water partition coefficient (Wildman–Crippen LogP) is 2.02. The summed E-state index contributed by atoms with van der Waals surface area (Å²) in [7, 11) is 1.64. The van der Waals surface area contributed by atoms with Gasteiger partial charge in [-0.15, -0.1) is 0 Å². The number of carbonyl (C=O) groups excluding carboxylic acids is 2. The Morgan fingerprint density at radius 2 is 1.69 bits per heavy atom. The molecule has 0 aromatic heterocycles. The van der Waals surface area contributed by atoms with E-state index in [1.165, 1.54) is 16.0 Å². The highest BCUT2D eigenvalue weighted by Crippen LogP contribution is 2.17. The zero-order valence-corrected chi connectivity index (χ0v) is 15.8. The van der Waals surface area contributed by atoms with Crippen molar-refractivity contribution in [2.24, 2.45) is 5.92 Å². The zero-order valence-electron chi connectivity index (χ0n) is 15.8. The van der Waals surface area contributed by atoms with Crippen molar-refractivity contribution in [1.29, 1.82) is 0 Å². The van der Waals surface area contributed by atoms with Crippen LogP contribution in [0.2, 0.25) is 0 Å². The highest BCUT2D eigenvalue weighted by Gasteiger charge is 2.27. The second-order valence-corrected chi connectivity index (χ2v) is 7.24. The number of amides is 2. The van der Waals surface area contributed by atoms with Crippen molar-refractivity contribution < 1.29 is 19.5 Å². The van der Waals surface area contributed by atoms with Gasteiger partial charge in [0.15, 0.2) is 0 Å². The van der Waals surface area contributed by atoms with Gasteiger partial charge in [0.1, 0.15) is 0 Å². The lowest BCUT2D eigenvalue weighted by Crippen LogP contribution is -2.45. The minimum atomic E-state index is -0.796. The fraction of sp³-hybridized carbons (Fsp3) is 0.550. The number of likely N-dealkylation sites (tertiary alicyclic amines) is 1. The maximum absolute atomic E-state index is 12.3. The second kappa shape index (κ2) is 8.83. The zero-order chi connectivity index (χ0) is 19.3. The molecule has 0 spiro atoms. The molecule has 2 amide bonds. The summed E-state index contributed by atoms with van der Waals surface area (Å²) < 4.78 is 0.